The Morgan fingerprint density at radius 2 is 0.786 bits per heavy atom. The highest BCUT2D eigenvalue weighted by Gasteiger charge is 2.30. The van der Waals surface area contributed by atoms with Crippen LogP contribution in [0.5, 0.6) is 0 Å². The van der Waals surface area contributed by atoms with Crippen molar-refractivity contribution in [1.82, 2.24) is 4.98 Å². The molecule has 0 unspecified atom stereocenters. The van der Waals surface area contributed by atoms with Crippen molar-refractivity contribution < 1.29 is 4.57 Å². The van der Waals surface area contributed by atoms with E-state index in [0.29, 0.717) is 0 Å². The average Bonchev–Trinajstić information content (AvgIpc) is 3.09. The van der Waals surface area contributed by atoms with Crippen molar-refractivity contribution in [3.05, 3.63) is 170 Å². The maximum absolute atomic E-state index is 15.4. The molecular formula is C39H28NOP. The van der Waals surface area contributed by atoms with Gasteiger partial charge in [-0.2, -0.15) is 0 Å². The number of fused-ring (bicyclic) bond motifs is 1. The largest absolute Gasteiger partial charge is 0.309 e. The van der Waals surface area contributed by atoms with Gasteiger partial charge in [0.1, 0.15) is 0 Å². The minimum Gasteiger partial charge on any atom is -0.309 e. The van der Waals surface area contributed by atoms with Gasteiger partial charge in [-0.1, -0.05) is 158 Å². The smallest absolute Gasteiger partial charge is 0.171 e. The molecule has 1 aromatic heterocycles. The van der Waals surface area contributed by atoms with E-state index in [9.17, 15) is 0 Å². The van der Waals surface area contributed by atoms with Gasteiger partial charge in [0.15, 0.2) is 7.14 Å². The molecule has 0 bridgehead atoms. The molecule has 0 spiro atoms. The Hall–Kier alpha value is -5.04. The van der Waals surface area contributed by atoms with E-state index in [1.165, 1.54) is 0 Å². The molecule has 3 heteroatoms. The van der Waals surface area contributed by atoms with Crippen molar-refractivity contribution in [2.45, 2.75) is 0 Å². The molecule has 0 N–H and O–H groups in total. The highest BCUT2D eigenvalue weighted by Crippen LogP contribution is 2.43. The minimum atomic E-state index is -3.17. The van der Waals surface area contributed by atoms with Crippen LogP contribution in [0.3, 0.4) is 0 Å². The Morgan fingerprint density at radius 1 is 0.381 bits per heavy atom. The fraction of sp³-hybridized carbons (Fsp3) is 0. The topological polar surface area (TPSA) is 30.0 Å². The number of pyridine rings is 1. The quantitative estimate of drug-likeness (QED) is 0.191. The first-order valence-electron chi connectivity index (χ1n) is 14.1. The lowest BCUT2D eigenvalue weighted by Gasteiger charge is -2.21. The Morgan fingerprint density at radius 3 is 1.29 bits per heavy atom. The summed E-state index contributed by atoms with van der Waals surface area (Å²) >= 11 is 0. The molecule has 42 heavy (non-hydrogen) atoms. The molecule has 0 saturated heterocycles. The Bertz CT molecular complexity index is 1920. The monoisotopic (exact) mass is 557 g/mol. The summed E-state index contributed by atoms with van der Waals surface area (Å²) in [4.78, 5) is 4.47. The van der Waals surface area contributed by atoms with Crippen LogP contribution >= 0.6 is 7.14 Å². The zero-order valence-corrected chi connectivity index (χ0v) is 23.9. The maximum Gasteiger partial charge on any atom is 0.171 e. The van der Waals surface area contributed by atoms with Crippen LogP contribution in [-0.4, -0.2) is 4.98 Å². The second-order valence-corrected chi connectivity index (χ2v) is 13.2. The summed E-state index contributed by atoms with van der Waals surface area (Å²) in [6.07, 6.45) is 3.79. The SMILES string of the molecule is O=P(c1ccc(-c2ccccc2)cc1)(c1ccc(-c2ccccc2)cc1)c1ccc(-c2cncc3ccccc23)cc1. The van der Waals surface area contributed by atoms with E-state index < -0.39 is 7.14 Å². The van der Waals surface area contributed by atoms with E-state index in [1.807, 2.05) is 97.3 Å². The third kappa shape index (κ3) is 4.77. The van der Waals surface area contributed by atoms with Crippen LogP contribution in [0.15, 0.2) is 170 Å². The summed E-state index contributed by atoms with van der Waals surface area (Å²) in [5, 5.41) is 4.68. The molecule has 0 amide bonds. The van der Waals surface area contributed by atoms with Crippen molar-refractivity contribution in [2.24, 2.45) is 0 Å². The summed E-state index contributed by atoms with van der Waals surface area (Å²) in [5.74, 6) is 0. The van der Waals surface area contributed by atoms with Crippen LogP contribution in [0.2, 0.25) is 0 Å². The molecule has 0 atom stereocenters. The number of rotatable bonds is 6. The van der Waals surface area contributed by atoms with Crippen molar-refractivity contribution in [3.63, 3.8) is 0 Å². The van der Waals surface area contributed by atoms with Gasteiger partial charge in [0.25, 0.3) is 0 Å². The van der Waals surface area contributed by atoms with E-state index in [1.54, 1.807) is 0 Å². The number of benzene rings is 6. The van der Waals surface area contributed by atoms with Crippen LogP contribution in [0.1, 0.15) is 0 Å². The molecule has 200 valence electrons. The van der Waals surface area contributed by atoms with Gasteiger partial charge in [0.05, 0.1) is 0 Å². The van der Waals surface area contributed by atoms with E-state index in [-0.39, 0.29) is 0 Å². The minimum absolute atomic E-state index is 0.805. The van der Waals surface area contributed by atoms with Gasteiger partial charge in [-0.15, -0.1) is 0 Å². The summed E-state index contributed by atoms with van der Waals surface area (Å²) in [5.41, 5.74) is 6.59. The molecule has 0 saturated carbocycles. The molecule has 2 nitrogen and oxygen atoms in total. The van der Waals surface area contributed by atoms with Gasteiger partial charge in [-0.3, -0.25) is 4.98 Å². The van der Waals surface area contributed by atoms with Gasteiger partial charge >= 0.3 is 0 Å². The molecule has 0 aliphatic heterocycles. The molecule has 0 aliphatic carbocycles. The molecule has 7 rings (SSSR count). The Kier molecular flexibility index (Phi) is 6.84. The van der Waals surface area contributed by atoms with Gasteiger partial charge < -0.3 is 4.57 Å². The third-order valence-corrected chi connectivity index (χ3v) is 11.0. The van der Waals surface area contributed by atoms with Crippen LogP contribution < -0.4 is 15.9 Å². The highest BCUT2D eigenvalue weighted by molar-refractivity contribution is 7.85. The van der Waals surface area contributed by atoms with E-state index in [2.05, 4.69) is 77.8 Å². The molecule has 0 radical (unpaired) electrons. The lowest BCUT2D eigenvalue weighted by atomic mass is 10.0. The third-order valence-electron chi connectivity index (χ3n) is 7.89. The first-order valence-corrected chi connectivity index (χ1v) is 15.8. The molecular weight excluding hydrogens is 529 g/mol. The second-order valence-electron chi connectivity index (χ2n) is 10.4. The van der Waals surface area contributed by atoms with Crippen molar-refractivity contribution in [1.29, 1.82) is 0 Å². The van der Waals surface area contributed by atoms with Gasteiger partial charge in [-0.25, -0.2) is 0 Å². The number of nitrogens with zero attached hydrogens (tertiary/aromatic N) is 1. The predicted molar refractivity (Wildman–Crippen MR) is 177 cm³/mol. The Balaban J connectivity index is 1.33. The average molecular weight is 558 g/mol. The van der Waals surface area contributed by atoms with Crippen LogP contribution in [0, 0.1) is 0 Å². The van der Waals surface area contributed by atoms with E-state index in [4.69, 9.17) is 0 Å². The van der Waals surface area contributed by atoms with E-state index >= 15 is 4.57 Å². The standard InChI is InChI=1S/C39H28NOP/c41-42(35-21-15-31(16-22-35)29-9-3-1-4-10-29,36-23-17-32(18-24-36)30-11-5-2-6-12-30)37-25-19-33(20-26-37)39-28-40-27-34-13-7-8-14-38(34)39/h1-28H. The van der Waals surface area contributed by atoms with Crippen LogP contribution in [-0.2, 0) is 4.57 Å². The molecule has 7 aromatic rings. The van der Waals surface area contributed by atoms with E-state index in [0.717, 1.165) is 60.1 Å². The lowest BCUT2D eigenvalue weighted by Crippen LogP contribution is -2.25. The summed E-state index contributed by atoms with van der Waals surface area (Å²) < 4.78 is 15.4. The first kappa shape index (κ1) is 25.9. The van der Waals surface area contributed by atoms with Gasteiger partial charge in [-0.05, 0) is 33.2 Å². The zero-order valence-electron chi connectivity index (χ0n) is 23.0. The summed E-state index contributed by atoms with van der Waals surface area (Å²) in [6.45, 7) is 0. The fourth-order valence-electron chi connectivity index (χ4n) is 5.63. The van der Waals surface area contributed by atoms with Gasteiger partial charge in [0, 0.05) is 39.3 Å². The Labute approximate surface area is 246 Å². The maximum atomic E-state index is 15.4. The lowest BCUT2D eigenvalue weighted by molar-refractivity contribution is 0.592. The van der Waals surface area contributed by atoms with Crippen LogP contribution in [0.25, 0.3) is 44.2 Å². The van der Waals surface area contributed by atoms with Crippen molar-refractivity contribution in [3.8, 4) is 33.4 Å². The van der Waals surface area contributed by atoms with Crippen molar-refractivity contribution in [2.75, 3.05) is 0 Å². The number of hydrogen-bond acceptors (Lipinski definition) is 2. The van der Waals surface area contributed by atoms with Gasteiger partial charge in [0.2, 0.25) is 0 Å². The normalized spacial score (nSPS) is 11.4. The first-order chi connectivity index (χ1) is 20.7. The summed E-state index contributed by atoms with van der Waals surface area (Å²) in [6, 6.07) is 53.4. The summed E-state index contributed by atoms with van der Waals surface area (Å²) in [7, 11) is -3.17. The fourth-order valence-corrected chi connectivity index (χ4v) is 8.23. The molecule has 1 heterocycles. The molecule has 0 aliphatic rings. The van der Waals surface area contributed by atoms with Crippen LogP contribution in [0.4, 0.5) is 0 Å². The molecule has 0 fully saturated rings. The second kappa shape index (κ2) is 11.1. The zero-order chi connectivity index (χ0) is 28.4. The van der Waals surface area contributed by atoms with Crippen molar-refractivity contribution >= 4 is 33.8 Å². The highest BCUT2D eigenvalue weighted by atomic mass is 31.2. The molecule has 6 aromatic carbocycles. The predicted octanol–water partition coefficient (Wildman–Crippen LogP) is 8.88. The number of aromatic nitrogens is 1. The number of hydrogen-bond donors (Lipinski definition) is 0.